The van der Waals surface area contributed by atoms with Gasteiger partial charge in [0.05, 0.1) is 0 Å². The van der Waals surface area contributed by atoms with Gasteiger partial charge in [0, 0.05) is 18.0 Å². The van der Waals surface area contributed by atoms with Gasteiger partial charge in [0.2, 0.25) is 5.91 Å². The van der Waals surface area contributed by atoms with Crippen molar-refractivity contribution in [1.29, 1.82) is 0 Å². The summed E-state index contributed by atoms with van der Waals surface area (Å²) in [4.78, 5) is 14.8. The Morgan fingerprint density at radius 3 is 2.29 bits per heavy atom. The second-order valence-electron chi connectivity index (χ2n) is 5.91. The lowest BCUT2D eigenvalue weighted by Gasteiger charge is -2.41. The molecule has 98 valence electrons. The number of rotatable bonds is 2. The number of nitrogens with zero attached hydrogens (tertiary/aromatic N) is 1. The van der Waals surface area contributed by atoms with Crippen molar-refractivity contribution >= 4 is 5.91 Å². The Kier molecular flexibility index (Phi) is 4.08. The number of nitrogens with two attached hydrogens (primary N) is 1. The molecule has 2 unspecified atom stereocenters. The molecule has 0 aromatic rings. The lowest BCUT2D eigenvalue weighted by molar-refractivity contribution is -0.142. The minimum Gasteiger partial charge on any atom is -0.337 e. The van der Waals surface area contributed by atoms with E-state index in [1.54, 1.807) is 0 Å². The lowest BCUT2D eigenvalue weighted by Crippen LogP contribution is -2.50. The Hall–Kier alpha value is -0.570. The fourth-order valence-electron chi connectivity index (χ4n) is 3.69. The van der Waals surface area contributed by atoms with Crippen molar-refractivity contribution in [2.45, 2.75) is 64.5 Å². The molecule has 1 saturated carbocycles. The van der Waals surface area contributed by atoms with Crippen LogP contribution in [0, 0.1) is 11.8 Å². The Morgan fingerprint density at radius 2 is 1.71 bits per heavy atom. The van der Waals surface area contributed by atoms with Crippen LogP contribution in [0.25, 0.3) is 0 Å². The van der Waals surface area contributed by atoms with Crippen LogP contribution in [0.5, 0.6) is 0 Å². The smallest absolute Gasteiger partial charge is 0.226 e. The predicted octanol–water partition coefficient (Wildman–Crippen LogP) is 2.15. The van der Waals surface area contributed by atoms with Crippen LogP contribution in [-0.2, 0) is 4.79 Å². The third-order valence-electron chi connectivity index (χ3n) is 4.73. The summed E-state index contributed by atoms with van der Waals surface area (Å²) in [5.41, 5.74) is 5.79. The molecule has 2 fully saturated rings. The molecule has 0 radical (unpaired) electrons. The first-order valence-corrected chi connectivity index (χ1v) is 7.17. The molecular weight excluding hydrogens is 212 g/mol. The van der Waals surface area contributed by atoms with Crippen LogP contribution in [0.15, 0.2) is 0 Å². The monoisotopic (exact) mass is 238 g/mol. The quantitative estimate of drug-likeness (QED) is 0.801. The summed E-state index contributed by atoms with van der Waals surface area (Å²) in [5.74, 6) is 1.03. The molecule has 1 heterocycles. The normalized spacial score (nSPS) is 38.4. The highest BCUT2D eigenvalue weighted by molar-refractivity contribution is 5.80. The summed E-state index contributed by atoms with van der Waals surface area (Å²) in [6.07, 6.45) is 6.96. The van der Waals surface area contributed by atoms with Gasteiger partial charge < -0.3 is 10.6 Å². The lowest BCUT2D eigenvalue weighted by atomic mass is 9.90. The molecule has 4 atom stereocenters. The first-order valence-electron chi connectivity index (χ1n) is 7.17. The van der Waals surface area contributed by atoms with Gasteiger partial charge in [-0.3, -0.25) is 4.79 Å². The highest BCUT2D eigenvalue weighted by Crippen LogP contribution is 2.35. The molecule has 3 nitrogen and oxygen atoms in total. The van der Waals surface area contributed by atoms with Crippen LogP contribution in [-0.4, -0.2) is 29.4 Å². The molecule has 0 spiro atoms. The zero-order valence-corrected chi connectivity index (χ0v) is 11.2. The second kappa shape index (κ2) is 5.38. The Morgan fingerprint density at radius 1 is 1.12 bits per heavy atom. The van der Waals surface area contributed by atoms with Crippen LogP contribution >= 0.6 is 0 Å². The topological polar surface area (TPSA) is 46.3 Å². The summed E-state index contributed by atoms with van der Waals surface area (Å²) in [5, 5.41) is 0. The standard InChI is InChI=1S/C14H26N2O/c1-10-5-3-6-11(2)16(10)14(17)13-8-4-7-12(13)9-15/h10-13H,3-9,15H2,1-2H3/t10-,11+,12?,13?. The van der Waals surface area contributed by atoms with Crippen molar-refractivity contribution in [3.05, 3.63) is 0 Å². The van der Waals surface area contributed by atoms with Crippen LogP contribution < -0.4 is 5.73 Å². The largest absolute Gasteiger partial charge is 0.337 e. The highest BCUT2D eigenvalue weighted by atomic mass is 16.2. The van der Waals surface area contributed by atoms with Crippen LogP contribution in [0.2, 0.25) is 0 Å². The van der Waals surface area contributed by atoms with E-state index in [2.05, 4.69) is 18.7 Å². The molecule has 0 aromatic carbocycles. The van der Waals surface area contributed by atoms with E-state index in [4.69, 9.17) is 5.73 Å². The number of piperidine rings is 1. The van der Waals surface area contributed by atoms with Crippen molar-refractivity contribution in [2.75, 3.05) is 6.54 Å². The van der Waals surface area contributed by atoms with Crippen LogP contribution in [0.4, 0.5) is 0 Å². The first kappa shape index (κ1) is 12.9. The minimum atomic E-state index is 0.211. The van der Waals surface area contributed by atoms with Gasteiger partial charge in [-0.1, -0.05) is 6.42 Å². The summed E-state index contributed by atoms with van der Waals surface area (Å²) in [6, 6.07) is 0.843. The van der Waals surface area contributed by atoms with Gasteiger partial charge in [-0.05, 0) is 58.4 Å². The molecule has 1 saturated heterocycles. The number of likely N-dealkylation sites (tertiary alicyclic amines) is 1. The van der Waals surface area contributed by atoms with Crippen molar-refractivity contribution in [2.24, 2.45) is 17.6 Å². The average molecular weight is 238 g/mol. The maximum Gasteiger partial charge on any atom is 0.226 e. The summed E-state index contributed by atoms with van der Waals surface area (Å²) in [6.45, 7) is 5.06. The Balaban J connectivity index is 2.07. The molecule has 1 aliphatic heterocycles. The first-order chi connectivity index (χ1) is 8.15. The molecular formula is C14H26N2O. The fourth-order valence-corrected chi connectivity index (χ4v) is 3.69. The van der Waals surface area contributed by atoms with Crippen LogP contribution in [0.1, 0.15) is 52.4 Å². The molecule has 2 rings (SSSR count). The van der Waals surface area contributed by atoms with E-state index in [1.165, 1.54) is 12.8 Å². The Labute approximate surface area is 105 Å². The number of carbonyl (C=O) groups is 1. The summed E-state index contributed by atoms with van der Waals surface area (Å²) < 4.78 is 0. The van der Waals surface area contributed by atoms with E-state index in [1.807, 2.05) is 0 Å². The third kappa shape index (κ3) is 2.49. The van der Waals surface area contributed by atoms with Crippen molar-refractivity contribution < 1.29 is 4.79 Å². The van der Waals surface area contributed by atoms with E-state index in [-0.39, 0.29) is 5.92 Å². The average Bonchev–Trinajstić information content (AvgIpc) is 2.76. The summed E-state index contributed by atoms with van der Waals surface area (Å²) in [7, 11) is 0. The van der Waals surface area contributed by atoms with E-state index in [0.717, 1.165) is 25.7 Å². The molecule has 2 aliphatic rings. The molecule has 1 amide bonds. The second-order valence-corrected chi connectivity index (χ2v) is 5.91. The molecule has 0 bridgehead atoms. The Bertz CT molecular complexity index is 269. The maximum absolute atomic E-state index is 12.7. The number of amides is 1. The van der Waals surface area contributed by atoms with Gasteiger partial charge >= 0.3 is 0 Å². The fraction of sp³-hybridized carbons (Fsp3) is 0.929. The molecule has 2 N–H and O–H groups in total. The number of hydrogen-bond donors (Lipinski definition) is 1. The maximum atomic E-state index is 12.7. The highest BCUT2D eigenvalue weighted by Gasteiger charge is 2.38. The SMILES string of the molecule is C[C@@H]1CCC[C@H](C)N1C(=O)C1CCCC1CN. The minimum absolute atomic E-state index is 0.211. The van der Waals surface area contributed by atoms with Gasteiger partial charge in [0.25, 0.3) is 0 Å². The van der Waals surface area contributed by atoms with Crippen molar-refractivity contribution in [3.63, 3.8) is 0 Å². The van der Waals surface area contributed by atoms with Gasteiger partial charge in [-0.15, -0.1) is 0 Å². The zero-order valence-electron chi connectivity index (χ0n) is 11.2. The number of carbonyl (C=O) groups excluding carboxylic acids is 1. The van der Waals surface area contributed by atoms with Gasteiger partial charge in [0.15, 0.2) is 0 Å². The van der Waals surface area contributed by atoms with E-state index < -0.39 is 0 Å². The summed E-state index contributed by atoms with van der Waals surface area (Å²) >= 11 is 0. The molecule has 3 heteroatoms. The van der Waals surface area contributed by atoms with Gasteiger partial charge in [-0.25, -0.2) is 0 Å². The number of hydrogen-bond acceptors (Lipinski definition) is 2. The van der Waals surface area contributed by atoms with Crippen LogP contribution in [0.3, 0.4) is 0 Å². The van der Waals surface area contributed by atoms with Gasteiger partial charge in [-0.2, -0.15) is 0 Å². The van der Waals surface area contributed by atoms with E-state index in [0.29, 0.717) is 30.5 Å². The predicted molar refractivity (Wildman–Crippen MR) is 69.5 cm³/mol. The molecule has 17 heavy (non-hydrogen) atoms. The van der Waals surface area contributed by atoms with Crippen molar-refractivity contribution in [3.8, 4) is 0 Å². The van der Waals surface area contributed by atoms with E-state index >= 15 is 0 Å². The molecule has 1 aliphatic carbocycles. The van der Waals surface area contributed by atoms with Gasteiger partial charge in [0.1, 0.15) is 0 Å². The van der Waals surface area contributed by atoms with Crippen molar-refractivity contribution in [1.82, 2.24) is 4.90 Å². The zero-order chi connectivity index (χ0) is 12.4. The third-order valence-corrected chi connectivity index (χ3v) is 4.73. The molecule has 0 aromatic heterocycles. The van der Waals surface area contributed by atoms with E-state index in [9.17, 15) is 4.79 Å².